The van der Waals surface area contributed by atoms with Crippen molar-refractivity contribution in [2.75, 3.05) is 0 Å². The van der Waals surface area contributed by atoms with Crippen LogP contribution in [0.4, 0.5) is 0 Å². The van der Waals surface area contributed by atoms with Crippen molar-refractivity contribution in [3.63, 3.8) is 0 Å². The largest absolute Gasteiger partial charge is 0.0988 e. The van der Waals surface area contributed by atoms with E-state index in [2.05, 4.69) is 39.5 Å². The third kappa shape index (κ3) is 3.22. The molecule has 11 heavy (non-hydrogen) atoms. The van der Waals surface area contributed by atoms with Gasteiger partial charge < -0.3 is 0 Å². The SMILES string of the molecule is C=C/C(C)=C(\C)C(C)C=CC. The van der Waals surface area contributed by atoms with E-state index < -0.39 is 0 Å². The molecule has 0 fully saturated rings. The summed E-state index contributed by atoms with van der Waals surface area (Å²) in [5, 5.41) is 0. The summed E-state index contributed by atoms with van der Waals surface area (Å²) in [5.74, 6) is 0.540. The summed E-state index contributed by atoms with van der Waals surface area (Å²) < 4.78 is 0. The number of hydrogen-bond donors (Lipinski definition) is 0. The lowest BCUT2D eigenvalue weighted by Gasteiger charge is -2.08. The van der Waals surface area contributed by atoms with Gasteiger partial charge >= 0.3 is 0 Å². The van der Waals surface area contributed by atoms with E-state index >= 15 is 0 Å². The van der Waals surface area contributed by atoms with E-state index in [9.17, 15) is 0 Å². The molecule has 0 heteroatoms. The Morgan fingerprint density at radius 3 is 2.27 bits per heavy atom. The topological polar surface area (TPSA) is 0 Å². The van der Waals surface area contributed by atoms with Crippen molar-refractivity contribution in [2.24, 2.45) is 5.92 Å². The van der Waals surface area contributed by atoms with Gasteiger partial charge in [0.05, 0.1) is 0 Å². The highest BCUT2D eigenvalue weighted by molar-refractivity contribution is 5.24. The van der Waals surface area contributed by atoms with E-state index in [0.29, 0.717) is 5.92 Å². The molecule has 0 aliphatic carbocycles. The van der Waals surface area contributed by atoms with Gasteiger partial charge in [0, 0.05) is 0 Å². The maximum atomic E-state index is 3.74. The number of allylic oxidation sites excluding steroid dienone is 5. The Morgan fingerprint density at radius 2 is 1.91 bits per heavy atom. The molecule has 0 saturated carbocycles. The second kappa shape index (κ2) is 4.95. The van der Waals surface area contributed by atoms with Crippen molar-refractivity contribution in [3.8, 4) is 0 Å². The van der Waals surface area contributed by atoms with Crippen LogP contribution >= 0.6 is 0 Å². The second-order valence-electron chi connectivity index (χ2n) is 2.88. The highest BCUT2D eigenvalue weighted by Crippen LogP contribution is 2.15. The van der Waals surface area contributed by atoms with Gasteiger partial charge in [-0.1, -0.05) is 42.9 Å². The molecule has 0 aliphatic heterocycles. The molecule has 0 heterocycles. The molecular weight excluding hydrogens is 132 g/mol. The van der Waals surface area contributed by atoms with Gasteiger partial charge in [-0.25, -0.2) is 0 Å². The molecule has 1 unspecified atom stereocenters. The average Bonchev–Trinajstić information content (AvgIpc) is 2.02. The Hall–Kier alpha value is -0.780. The Bertz CT molecular complexity index is 182. The molecule has 0 saturated heterocycles. The van der Waals surface area contributed by atoms with E-state index in [1.54, 1.807) is 0 Å². The zero-order chi connectivity index (χ0) is 8.85. The highest BCUT2D eigenvalue weighted by atomic mass is 14.1. The quantitative estimate of drug-likeness (QED) is 0.425. The van der Waals surface area contributed by atoms with E-state index in [1.165, 1.54) is 11.1 Å². The van der Waals surface area contributed by atoms with Gasteiger partial charge in [0.1, 0.15) is 0 Å². The van der Waals surface area contributed by atoms with Crippen LogP contribution in [-0.4, -0.2) is 0 Å². The van der Waals surface area contributed by atoms with Gasteiger partial charge in [-0.2, -0.15) is 0 Å². The minimum Gasteiger partial charge on any atom is -0.0988 e. The van der Waals surface area contributed by atoms with Crippen molar-refractivity contribution in [1.29, 1.82) is 0 Å². The van der Waals surface area contributed by atoms with E-state index in [1.807, 2.05) is 13.0 Å². The molecule has 0 aromatic heterocycles. The number of hydrogen-bond acceptors (Lipinski definition) is 0. The first-order valence-electron chi connectivity index (χ1n) is 4.06. The van der Waals surface area contributed by atoms with Crippen molar-refractivity contribution in [3.05, 3.63) is 36.0 Å². The molecule has 62 valence electrons. The van der Waals surface area contributed by atoms with Crippen LogP contribution in [0.2, 0.25) is 0 Å². The standard InChI is InChI=1S/C11H18/c1-6-8-10(4)11(5)9(3)7-2/h6-8,10H,2H2,1,3-5H3/b8-6?,11-9+. The lowest BCUT2D eigenvalue weighted by atomic mass is 9.98. The zero-order valence-corrected chi connectivity index (χ0v) is 8.02. The molecule has 1 atom stereocenters. The average molecular weight is 150 g/mol. The molecule has 0 N–H and O–H groups in total. The highest BCUT2D eigenvalue weighted by Gasteiger charge is 2.00. The van der Waals surface area contributed by atoms with Gasteiger partial charge in [-0.05, 0) is 26.7 Å². The van der Waals surface area contributed by atoms with Crippen molar-refractivity contribution in [1.82, 2.24) is 0 Å². The molecular formula is C11H18. The summed E-state index contributed by atoms with van der Waals surface area (Å²) in [4.78, 5) is 0. The summed E-state index contributed by atoms with van der Waals surface area (Å²) in [6.45, 7) is 12.2. The molecule has 0 nitrogen and oxygen atoms in total. The lowest BCUT2D eigenvalue weighted by Crippen LogP contribution is -1.93. The van der Waals surface area contributed by atoms with Crippen LogP contribution in [0.15, 0.2) is 36.0 Å². The van der Waals surface area contributed by atoms with Crippen LogP contribution in [0.5, 0.6) is 0 Å². The monoisotopic (exact) mass is 150 g/mol. The normalized spacial score (nSPS) is 16.4. The first-order valence-corrected chi connectivity index (χ1v) is 4.06. The summed E-state index contributed by atoms with van der Waals surface area (Å²) in [6, 6.07) is 0. The van der Waals surface area contributed by atoms with Crippen molar-refractivity contribution in [2.45, 2.75) is 27.7 Å². The predicted octanol–water partition coefficient (Wildman–Crippen LogP) is 3.72. The van der Waals surface area contributed by atoms with E-state index in [0.717, 1.165) is 0 Å². The molecule has 0 spiro atoms. The first kappa shape index (κ1) is 10.2. The zero-order valence-electron chi connectivity index (χ0n) is 8.02. The van der Waals surface area contributed by atoms with Crippen LogP contribution in [-0.2, 0) is 0 Å². The molecule has 0 aromatic carbocycles. The minimum atomic E-state index is 0.540. The van der Waals surface area contributed by atoms with Crippen LogP contribution in [0.1, 0.15) is 27.7 Å². The summed E-state index contributed by atoms with van der Waals surface area (Å²) in [7, 11) is 0. The van der Waals surface area contributed by atoms with Gasteiger partial charge in [0.2, 0.25) is 0 Å². The number of rotatable bonds is 3. The van der Waals surface area contributed by atoms with Crippen molar-refractivity contribution < 1.29 is 0 Å². The Kier molecular flexibility index (Phi) is 4.60. The Balaban J connectivity index is 4.45. The molecule has 0 amide bonds. The van der Waals surface area contributed by atoms with Crippen LogP contribution < -0.4 is 0 Å². The fraction of sp³-hybridized carbons (Fsp3) is 0.455. The van der Waals surface area contributed by atoms with Crippen molar-refractivity contribution >= 4 is 0 Å². The molecule has 0 aromatic rings. The second-order valence-corrected chi connectivity index (χ2v) is 2.88. The van der Waals surface area contributed by atoms with E-state index in [4.69, 9.17) is 0 Å². The third-order valence-electron chi connectivity index (χ3n) is 2.09. The Labute approximate surface area is 70.3 Å². The van der Waals surface area contributed by atoms with Gasteiger partial charge in [-0.3, -0.25) is 0 Å². The lowest BCUT2D eigenvalue weighted by molar-refractivity contribution is 0.849. The molecule has 0 aliphatic rings. The smallest absolute Gasteiger partial charge is 0.00488 e. The van der Waals surface area contributed by atoms with Gasteiger partial charge in [-0.15, -0.1) is 0 Å². The fourth-order valence-electron chi connectivity index (χ4n) is 0.953. The maximum absolute atomic E-state index is 3.74. The predicted molar refractivity (Wildman–Crippen MR) is 52.5 cm³/mol. The minimum absolute atomic E-state index is 0.540. The maximum Gasteiger partial charge on any atom is -0.00488 e. The molecule has 0 radical (unpaired) electrons. The summed E-state index contributed by atoms with van der Waals surface area (Å²) >= 11 is 0. The van der Waals surface area contributed by atoms with Crippen LogP contribution in [0.3, 0.4) is 0 Å². The van der Waals surface area contributed by atoms with Crippen LogP contribution in [0, 0.1) is 5.92 Å². The Morgan fingerprint density at radius 1 is 1.36 bits per heavy atom. The third-order valence-corrected chi connectivity index (χ3v) is 2.09. The summed E-state index contributed by atoms with van der Waals surface area (Å²) in [6.07, 6.45) is 6.20. The van der Waals surface area contributed by atoms with Gasteiger partial charge in [0.15, 0.2) is 0 Å². The molecule has 0 bridgehead atoms. The first-order chi connectivity index (χ1) is 5.13. The van der Waals surface area contributed by atoms with E-state index in [-0.39, 0.29) is 0 Å². The molecule has 0 rings (SSSR count). The van der Waals surface area contributed by atoms with Gasteiger partial charge in [0.25, 0.3) is 0 Å². The fourth-order valence-corrected chi connectivity index (χ4v) is 0.953. The van der Waals surface area contributed by atoms with Crippen LogP contribution in [0.25, 0.3) is 0 Å². The summed E-state index contributed by atoms with van der Waals surface area (Å²) in [5.41, 5.74) is 2.69.